The lowest BCUT2D eigenvalue weighted by atomic mass is 10.0. The van der Waals surface area contributed by atoms with E-state index in [-0.39, 0.29) is 32.0 Å². The van der Waals surface area contributed by atoms with E-state index in [0.717, 1.165) is 32.1 Å². The number of phosphoric acid groups is 1. The van der Waals surface area contributed by atoms with E-state index in [9.17, 15) is 19.0 Å². The highest BCUT2D eigenvalue weighted by molar-refractivity contribution is 7.45. The fourth-order valence-corrected chi connectivity index (χ4v) is 6.64. The van der Waals surface area contributed by atoms with Crippen molar-refractivity contribution in [2.45, 2.75) is 200 Å². The minimum atomic E-state index is -4.62. The summed E-state index contributed by atoms with van der Waals surface area (Å²) in [7, 11) is 1.16. The highest BCUT2D eigenvalue weighted by Crippen LogP contribution is 2.38. The summed E-state index contributed by atoms with van der Waals surface area (Å²) >= 11 is 0. The van der Waals surface area contributed by atoms with E-state index in [1.165, 1.54) is 128 Å². The van der Waals surface area contributed by atoms with Crippen LogP contribution in [0.2, 0.25) is 0 Å². The molecule has 9 nitrogen and oxygen atoms in total. The van der Waals surface area contributed by atoms with Crippen LogP contribution >= 0.6 is 7.82 Å². The first-order valence-electron chi connectivity index (χ1n) is 21.4. The lowest BCUT2D eigenvalue weighted by Crippen LogP contribution is -2.37. The van der Waals surface area contributed by atoms with E-state index in [1.54, 1.807) is 0 Å². The molecule has 0 aromatic rings. The maximum Gasteiger partial charge on any atom is 0.306 e. The van der Waals surface area contributed by atoms with Crippen LogP contribution < -0.4 is 4.89 Å². The number of carbonyl (C=O) groups is 2. The zero-order valence-electron chi connectivity index (χ0n) is 34.5. The van der Waals surface area contributed by atoms with Gasteiger partial charge in [-0.1, -0.05) is 167 Å². The summed E-state index contributed by atoms with van der Waals surface area (Å²) in [4.78, 5) is 37.4. The van der Waals surface area contributed by atoms with Gasteiger partial charge in [0.15, 0.2) is 6.10 Å². The predicted octanol–water partition coefficient (Wildman–Crippen LogP) is 11.2. The first-order chi connectivity index (χ1) is 25.0. The number of allylic oxidation sites excluding steroid dienone is 2. The van der Waals surface area contributed by atoms with Gasteiger partial charge in [-0.25, -0.2) is 0 Å². The van der Waals surface area contributed by atoms with Crippen LogP contribution in [0.5, 0.6) is 0 Å². The third kappa shape index (κ3) is 38.5. The van der Waals surface area contributed by atoms with Gasteiger partial charge in [-0.15, -0.1) is 0 Å². The molecule has 0 radical (unpaired) electrons. The van der Waals surface area contributed by atoms with Gasteiger partial charge in [-0.05, 0) is 25.7 Å². The van der Waals surface area contributed by atoms with E-state index in [1.807, 2.05) is 27.2 Å². The third-order valence-corrected chi connectivity index (χ3v) is 10.3. The Morgan fingerprint density at radius 3 is 1.50 bits per heavy atom. The van der Waals surface area contributed by atoms with Gasteiger partial charge in [-0.2, -0.15) is 0 Å². The van der Waals surface area contributed by atoms with E-state index in [4.69, 9.17) is 18.5 Å². The monoisotopic (exact) mass is 760 g/mol. The third-order valence-electron chi connectivity index (χ3n) is 9.30. The lowest BCUT2D eigenvalue weighted by molar-refractivity contribution is -0.870. The fraction of sp³-hybridized carbons (Fsp3) is 0.905. The second-order valence-electron chi connectivity index (χ2n) is 15.7. The summed E-state index contributed by atoms with van der Waals surface area (Å²) in [5.74, 6) is -0.883. The van der Waals surface area contributed by atoms with Crippen molar-refractivity contribution in [2.75, 3.05) is 47.5 Å². The maximum absolute atomic E-state index is 12.6. The standard InChI is InChI=1S/C42H82NO8P/c1-6-8-10-12-14-16-18-20-21-23-25-27-29-31-33-35-42(45)51-40(39-50-52(46,47)49-37-36-43(3,4)5)38-48-41(44)34-32-30-28-26-24-22-19-17-15-13-11-9-7-2/h29,31,40H,6-28,30,32-39H2,1-5H3/b31-29+/t40-/m1/s1. The molecule has 0 heterocycles. The van der Waals surface area contributed by atoms with Crippen molar-refractivity contribution in [1.82, 2.24) is 0 Å². The topological polar surface area (TPSA) is 111 Å². The van der Waals surface area contributed by atoms with Gasteiger partial charge in [0.25, 0.3) is 7.82 Å². The number of hydrogen-bond acceptors (Lipinski definition) is 8. The van der Waals surface area contributed by atoms with Crippen LogP contribution in [0.3, 0.4) is 0 Å². The number of ether oxygens (including phenoxy) is 2. The fourth-order valence-electron chi connectivity index (χ4n) is 5.91. The molecule has 0 aliphatic carbocycles. The smallest absolute Gasteiger partial charge is 0.306 e. The highest BCUT2D eigenvalue weighted by Gasteiger charge is 2.21. The Labute approximate surface area is 320 Å². The number of esters is 2. The Balaban J connectivity index is 4.40. The first kappa shape index (κ1) is 50.8. The van der Waals surface area contributed by atoms with Crippen molar-refractivity contribution in [3.63, 3.8) is 0 Å². The molecule has 0 saturated heterocycles. The molecule has 0 spiro atoms. The van der Waals surface area contributed by atoms with Gasteiger partial charge >= 0.3 is 11.9 Å². The van der Waals surface area contributed by atoms with Crippen LogP contribution in [0.25, 0.3) is 0 Å². The molecule has 0 aliphatic heterocycles. The molecule has 0 bridgehead atoms. The number of rotatable bonds is 39. The van der Waals surface area contributed by atoms with Gasteiger partial charge in [0, 0.05) is 12.8 Å². The Bertz CT molecular complexity index is 907. The molecule has 0 aromatic heterocycles. The summed E-state index contributed by atoms with van der Waals surface area (Å²) in [5.41, 5.74) is 0. The van der Waals surface area contributed by atoms with Crippen molar-refractivity contribution in [1.29, 1.82) is 0 Å². The lowest BCUT2D eigenvalue weighted by Gasteiger charge is -2.28. The zero-order valence-corrected chi connectivity index (χ0v) is 35.4. The molecule has 0 aromatic carbocycles. The Hall–Kier alpha value is -1.25. The number of likely N-dealkylation sites (N-methyl/N-ethyl adjacent to an activating group) is 1. The summed E-state index contributed by atoms with van der Waals surface area (Å²) < 4.78 is 33.8. The maximum atomic E-state index is 12.6. The summed E-state index contributed by atoms with van der Waals surface area (Å²) in [6.45, 7) is 4.20. The molecule has 0 N–H and O–H groups in total. The number of unbranched alkanes of at least 4 members (excludes halogenated alkanes) is 23. The Morgan fingerprint density at radius 1 is 0.577 bits per heavy atom. The largest absolute Gasteiger partial charge is 0.756 e. The average Bonchev–Trinajstić information content (AvgIpc) is 3.09. The Morgan fingerprint density at radius 2 is 1.02 bits per heavy atom. The quantitative estimate of drug-likeness (QED) is 0.0200. The van der Waals surface area contributed by atoms with Crippen molar-refractivity contribution in [3.05, 3.63) is 12.2 Å². The molecule has 2 atom stereocenters. The zero-order chi connectivity index (χ0) is 38.6. The van der Waals surface area contributed by atoms with Gasteiger partial charge in [-0.3, -0.25) is 14.2 Å². The molecule has 0 aliphatic rings. The van der Waals surface area contributed by atoms with Crippen LogP contribution in [-0.2, 0) is 32.7 Å². The van der Waals surface area contributed by atoms with Crippen molar-refractivity contribution < 1.29 is 42.1 Å². The molecule has 0 rings (SSSR count). The van der Waals surface area contributed by atoms with E-state index < -0.39 is 26.5 Å². The minimum absolute atomic E-state index is 0.0334. The molecule has 1 unspecified atom stereocenters. The molecular formula is C42H82NO8P. The van der Waals surface area contributed by atoms with E-state index in [2.05, 4.69) is 19.9 Å². The summed E-state index contributed by atoms with van der Waals surface area (Å²) in [6, 6.07) is 0. The van der Waals surface area contributed by atoms with Crippen LogP contribution in [0, 0.1) is 0 Å². The van der Waals surface area contributed by atoms with Crippen LogP contribution in [-0.4, -0.2) is 70.0 Å². The molecular weight excluding hydrogens is 677 g/mol. The van der Waals surface area contributed by atoms with Crippen molar-refractivity contribution in [2.24, 2.45) is 0 Å². The van der Waals surface area contributed by atoms with Gasteiger partial charge in [0.2, 0.25) is 0 Å². The normalized spacial score (nSPS) is 13.7. The van der Waals surface area contributed by atoms with Crippen LogP contribution in [0.4, 0.5) is 0 Å². The SMILES string of the molecule is CCCCCCCCCCCCC/C=C/CCC(=O)O[C@H](COC(=O)CCCCCCCCCCCCCCC)COP(=O)([O-])OCC[N+](C)(C)C. The summed E-state index contributed by atoms with van der Waals surface area (Å²) in [5, 5.41) is 0. The summed E-state index contributed by atoms with van der Waals surface area (Å²) in [6.07, 6.45) is 35.3. The second-order valence-corrected chi connectivity index (χ2v) is 17.1. The van der Waals surface area contributed by atoms with Gasteiger partial charge < -0.3 is 27.9 Å². The first-order valence-corrected chi connectivity index (χ1v) is 22.9. The molecule has 52 heavy (non-hydrogen) atoms. The second kappa shape index (κ2) is 35.5. The van der Waals surface area contributed by atoms with E-state index >= 15 is 0 Å². The van der Waals surface area contributed by atoms with Crippen molar-refractivity contribution in [3.8, 4) is 0 Å². The predicted molar refractivity (Wildman–Crippen MR) is 213 cm³/mol. The number of phosphoric ester groups is 1. The molecule has 0 saturated carbocycles. The van der Waals surface area contributed by atoms with Crippen LogP contribution in [0.1, 0.15) is 194 Å². The molecule has 0 amide bonds. The van der Waals surface area contributed by atoms with Crippen molar-refractivity contribution >= 4 is 19.8 Å². The molecule has 0 fully saturated rings. The number of nitrogens with zero attached hydrogens (tertiary/aromatic N) is 1. The minimum Gasteiger partial charge on any atom is -0.756 e. The number of hydrogen-bond donors (Lipinski definition) is 0. The Kier molecular flexibility index (Phi) is 34.6. The number of quaternary nitrogens is 1. The highest BCUT2D eigenvalue weighted by atomic mass is 31.2. The average molecular weight is 760 g/mol. The van der Waals surface area contributed by atoms with E-state index in [0.29, 0.717) is 17.4 Å². The van der Waals surface area contributed by atoms with Gasteiger partial charge in [0.05, 0.1) is 27.7 Å². The molecule has 10 heteroatoms. The van der Waals surface area contributed by atoms with Crippen LogP contribution in [0.15, 0.2) is 12.2 Å². The molecule has 308 valence electrons. The number of carbonyl (C=O) groups excluding carboxylic acids is 2. The van der Waals surface area contributed by atoms with Gasteiger partial charge in [0.1, 0.15) is 19.8 Å².